The number of carbonyl (C=O) groups excluding carboxylic acids is 3. The number of para-hydroxylation sites is 1. The third-order valence-electron chi connectivity index (χ3n) is 2.96. The van der Waals surface area contributed by atoms with E-state index in [-0.39, 0.29) is 23.6 Å². The van der Waals surface area contributed by atoms with Crippen LogP contribution in [-0.4, -0.2) is 36.0 Å². The standard InChI is InChI=1S/C17H15ClN2O5/c1-2-24-16(22)12-5-3-4-6-13(12)20-15(21)10-25-17(23)14-9-11(18)7-8-19-14/h3-9H,2,10H2,1H3,(H,20,21). The Morgan fingerprint density at radius 1 is 1.12 bits per heavy atom. The van der Waals surface area contributed by atoms with Crippen LogP contribution in [0.15, 0.2) is 42.6 Å². The third kappa shape index (κ3) is 5.29. The van der Waals surface area contributed by atoms with E-state index in [1.54, 1.807) is 25.1 Å². The van der Waals surface area contributed by atoms with E-state index in [0.29, 0.717) is 5.02 Å². The Kier molecular flexibility index (Phi) is 6.47. The molecule has 0 aliphatic carbocycles. The maximum absolute atomic E-state index is 12.0. The van der Waals surface area contributed by atoms with Crippen molar-refractivity contribution in [2.24, 2.45) is 0 Å². The summed E-state index contributed by atoms with van der Waals surface area (Å²) in [7, 11) is 0. The summed E-state index contributed by atoms with van der Waals surface area (Å²) in [4.78, 5) is 39.4. The Balaban J connectivity index is 1.97. The van der Waals surface area contributed by atoms with Gasteiger partial charge in [0.2, 0.25) is 0 Å². The van der Waals surface area contributed by atoms with Crippen LogP contribution in [0.2, 0.25) is 5.02 Å². The van der Waals surface area contributed by atoms with Crippen LogP contribution >= 0.6 is 11.6 Å². The highest BCUT2D eigenvalue weighted by molar-refractivity contribution is 6.30. The normalized spacial score (nSPS) is 10.0. The lowest BCUT2D eigenvalue weighted by Gasteiger charge is -2.10. The molecule has 25 heavy (non-hydrogen) atoms. The summed E-state index contributed by atoms with van der Waals surface area (Å²) in [6, 6.07) is 9.21. The molecule has 2 aromatic rings. The molecular formula is C17H15ClN2O5. The second-order valence-corrected chi connectivity index (χ2v) is 5.19. The first-order chi connectivity index (χ1) is 12.0. The number of hydrogen-bond acceptors (Lipinski definition) is 6. The number of anilines is 1. The van der Waals surface area contributed by atoms with Gasteiger partial charge in [-0.25, -0.2) is 14.6 Å². The van der Waals surface area contributed by atoms with Crippen LogP contribution in [0.25, 0.3) is 0 Å². The number of ether oxygens (including phenoxy) is 2. The Hall–Kier alpha value is -2.93. The molecule has 0 aliphatic heterocycles. The summed E-state index contributed by atoms with van der Waals surface area (Å²) in [5, 5.41) is 2.83. The van der Waals surface area contributed by atoms with Crippen molar-refractivity contribution in [3.8, 4) is 0 Å². The summed E-state index contributed by atoms with van der Waals surface area (Å²) in [6.07, 6.45) is 1.36. The van der Waals surface area contributed by atoms with Gasteiger partial charge in [0, 0.05) is 11.2 Å². The number of nitrogens with zero attached hydrogens (tertiary/aromatic N) is 1. The van der Waals surface area contributed by atoms with Gasteiger partial charge in [-0.1, -0.05) is 23.7 Å². The van der Waals surface area contributed by atoms with Crippen molar-refractivity contribution in [1.29, 1.82) is 0 Å². The van der Waals surface area contributed by atoms with Crippen molar-refractivity contribution in [1.82, 2.24) is 4.98 Å². The smallest absolute Gasteiger partial charge is 0.357 e. The number of esters is 2. The Morgan fingerprint density at radius 2 is 1.88 bits per heavy atom. The summed E-state index contributed by atoms with van der Waals surface area (Å²) in [5.74, 6) is -1.94. The molecule has 0 atom stereocenters. The average molecular weight is 363 g/mol. The number of benzene rings is 1. The topological polar surface area (TPSA) is 94.6 Å². The minimum absolute atomic E-state index is 0.00720. The third-order valence-corrected chi connectivity index (χ3v) is 3.20. The molecule has 0 radical (unpaired) electrons. The lowest BCUT2D eigenvalue weighted by atomic mass is 10.2. The largest absolute Gasteiger partial charge is 0.462 e. The van der Waals surface area contributed by atoms with Gasteiger partial charge in [0.05, 0.1) is 17.9 Å². The molecule has 0 saturated heterocycles. The molecule has 1 aromatic carbocycles. The molecule has 2 rings (SSSR count). The molecule has 1 aromatic heterocycles. The molecule has 0 aliphatic rings. The Labute approximate surface area is 148 Å². The van der Waals surface area contributed by atoms with Crippen LogP contribution in [0.5, 0.6) is 0 Å². The van der Waals surface area contributed by atoms with Crippen molar-refractivity contribution >= 4 is 35.1 Å². The van der Waals surface area contributed by atoms with E-state index in [1.165, 1.54) is 24.4 Å². The monoisotopic (exact) mass is 362 g/mol. The van der Waals surface area contributed by atoms with E-state index in [4.69, 9.17) is 21.1 Å². The number of amides is 1. The van der Waals surface area contributed by atoms with Gasteiger partial charge in [0.1, 0.15) is 5.69 Å². The second-order valence-electron chi connectivity index (χ2n) is 4.75. The maximum atomic E-state index is 12.0. The van der Waals surface area contributed by atoms with E-state index < -0.39 is 24.5 Å². The highest BCUT2D eigenvalue weighted by Gasteiger charge is 2.16. The van der Waals surface area contributed by atoms with E-state index in [1.807, 2.05) is 0 Å². The van der Waals surface area contributed by atoms with Gasteiger partial charge in [-0.05, 0) is 31.2 Å². The molecule has 8 heteroatoms. The summed E-state index contributed by atoms with van der Waals surface area (Å²) in [5.41, 5.74) is 0.468. The van der Waals surface area contributed by atoms with Crippen LogP contribution in [-0.2, 0) is 14.3 Å². The van der Waals surface area contributed by atoms with Crippen LogP contribution in [0.4, 0.5) is 5.69 Å². The fourth-order valence-corrected chi connectivity index (χ4v) is 2.05. The fourth-order valence-electron chi connectivity index (χ4n) is 1.89. The number of hydrogen-bond donors (Lipinski definition) is 1. The SMILES string of the molecule is CCOC(=O)c1ccccc1NC(=O)COC(=O)c1cc(Cl)ccn1. The minimum Gasteiger partial charge on any atom is -0.462 e. The molecule has 0 fully saturated rings. The Bertz CT molecular complexity index is 794. The number of pyridine rings is 1. The number of carbonyl (C=O) groups is 3. The predicted molar refractivity (Wildman–Crippen MR) is 90.6 cm³/mol. The van der Waals surface area contributed by atoms with E-state index >= 15 is 0 Å². The first-order valence-electron chi connectivity index (χ1n) is 7.36. The van der Waals surface area contributed by atoms with Gasteiger partial charge in [-0.2, -0.15) is 0 Å². The van der Waals surface area contributed by atoms with Crippen molar-refractivity contribution in [3.05, 3.63) is 58.9 Å². The zero-order valence-corrected chi connectivity index (χ0v) is 14.1. The van der Waals surface area contributed by atoms with E-state index in [2.05, 4.69) is 10.3 Å². The van der Waals surface area contributed by atoms with Gasteiger partial charge >= 0.3 is 11.9 Å². The predicted octanol–water partition coefficient (Wildman–Crippen LogP) is 2.71. The Morgan fingerprint density at radius 3 is 2.60 bits per heavy atom. The van der Waals surface area contributed by atoms with Crippen molar-refractivity contribution in [2.45, 2.75) is 6.92 Å². The van der Waals surface area contributed by atoms with Gasteiger partial charge < -0.3 is 14.8 Å². The zero-order valence-electron chi connectivity index (χ0n) is 13.3. The average Bonchev–Trinajstić information content (AvgIpc) is 2.60. The zero-order chi connectivity index (χ0) is 18.2. The second kappa shape index (κ2) is 8.79. The van der Waals surface area contributed by atoms with Crippen LogP contribution in [0.1, 0.15) is 27.8 Å². The summed E-state index contributed by atoms with van der Waals surface area (Å²) >= 11 is 5.76. The van der Waals surface area contributed by atoms with Gasteiger partial charge in [-0.3, -0.25) is 4.79 Å². The molecule has 0 unspecified atom stereocenters. The molecule has 130 valence electrons. The molecular weight excluding hydrogens is 348 g/mol. The van der Waals surface area contributed by atoms with Gasteiger partial charge in [0.15, 0.2) is 6.61 Å². The maximum Gasteiger partial charge on any atom is 0.357 e. The number of halogens is 1. The number of rotatable bonds is 6. The van der Waals surface area contributed by atoms with Crippen LogP contribution < -0.4 is 5.32 Å². The summed E-state index contributed by atoms with van der Waals surface area (Å²) < 4.78 is 9.80. The van der Waals surface area contributed by atoms with Crippen molar-refractivity contribution in [3.63, 3.8) is 0 Å². The van der Waals surface area contributed by atoms with Crippen molar-refractivity contribution in [2.75, 3.05) is 18.5 Å². The molecule has 0 spiro atoms. The molecule has 7 nitrogen and oxygen atoms in total. The van der Waals surface area contributed by atoms with Gasteiger partial charge in [-0.15, -0.1) is 0 Å². The van der Waals surface area contributed by atoms with E-state index in [9.17, 15) is 14.4 Å². The fraction of sp³-hybridized carbons (Fsp3) is 0.176. The first-order valence-corrected chi connectivity index (χ1v) is 7.73. The lowest BCUT2D eigenvalue weighted by molar-refractivity contribution is -0.119. The number of nitrogens with one attached hydrogen (secondary N) is 1. The molecule has 1 amide bonds. The number of aromatic nitrogens is 1. The first kappa shape index (κ1) is 18.4. The summed E-state index contributed by atoms with van der Waals surface area (Å²) in [6.45, 7) is 1.36. The highest BCUT2D eigenvalue weighted by Crippen LogP contribution is 2.16. The molecule has 1 N–H and O–H groups in total. The molecule has 0 bridgehead atoms. The lowest BCUT2D eigenvalue weighted by Crippen LogP contribution is -2.22. The van der Waals surface area contributed by atoms with Crippen LogP contribution in [0, 0.1) is 0 Å². The van der Waals surface area contributed by atoms with Crippen molar-refractivity contribution < 1.29 is 23.9 Å². The molecule has 0 saturated carbocycles. The van der Waals surface area contributed by atoms with Gasteiger partial charge in [0.25, 0.3) is 5.91 Å². The van der Waals surface area contributed by atoms with E-state index in [0.717, 1.165) is 0 Å². The molecule has 1 heterocycles. The highest BCUT2D eigenvalue weighted by atomic mass is 35.5. The minimum atomic E-state index is -0.781. The quantitative estimate of drug-likeness (QED) is 0.794. The van der Waals surface area contributed by atoms with Crippen LogP contribution in [0.3, 0.4) is 0 Å².